The maximum absolute atomic E-state index is 13.0. The summed E-state index contributed by atoms with van der Waals surface area (Å²) in [6.07, 6.45) is -0.219. The Morgan fingerprint density at radius 3 is 2.68 bits per heavy atom. The molecule has 1 unspecified atom stereocenters. The fourth-order valence-electron chi connectivity index (χ4n) is 3.52. The zero-order valence-electron chi connectivity index (χ0n) is 18.2. The number of likely N-dealkylation sites (N-methyl/N-ethyl adjacent to an activating group) is 1. The molecular formula is C22H30FN5O3. The molecule has 0 spiro atoms. The van der Waals surface area contributed by atoms with Crippen LogP contribution in [0.25, 0.3) is 0 Å². The van der Waals surface area contributed by atoms with Gasteiger partial charge in [-0.2, -0.15) is 0 Å². The van der Waals surface area contributed by atoms with Gasteiger partial charge in [-0.05, 0) is 37.2 Å². The Morgan fingerprint density at radius 2 is 2.00 bits per heavy atom. The summed E-state index contributed by atoms with van der Waals surface area (Å²) in [4.78, 5) is 31.9. The third kappa shape index (κ3) is 5.89. The van der Waals surface area contributed by atoms with E-state index in [1.165, 1.54) is 16.7 Å². The average Bonchev–Trinajstić information content (AvgIpc) is 2.88. The van der Waals surface area contributed by atoms with Crippen LogP contribution in [0.5, 0.6) is 5.75 Å². The zero-order valence-corrected chi connectivity index (χ0v) is 18.2. The average molecular weight is 432 g/mol. The highest BCUT2D eigenvalue weighted by atomic mass is 19.1. The molecule has 2 heterocycles. The summed E-state index contributed by atoms with van der Waals surface area (Å²) >= 11 is 0. The maximum Gasteiger partial charge on any atom is 0.296 e. The van der Waals surface area contributed by atoms with Gasteiger partial charge in [0.25, 0.3) is 5.56 Å². The van der Waals surface area contributed by atoms with E-state index in [-0.39, 0.29) is 36.4 Å². The van der Waals surface area contributed by atoms with Crippen molar-refractivity contribution >= 4 is 5.91 Å². The standard InChI is InChI=1S/C22H30FN5O3/c1-14(2)11-24-18-13-27(3)8-9-28-21(18)26-17(20(30)22(28)31)10-19(29)25-12-15-4-6-16(23)7-5-15/h4-7,14,18,24,30H,8-13H2,1-3H3,(H,25,29). The molecule has 31 heavy (non-hydrogen) atoms. The van der Waals surface area contributed by atoms with E-state index in [0.29, 0.717) is 31.4 Å². The molecule has 168 valence electrons. The maximum atomic E-state index is 13.0. The van der Waals surface area contributed by atoms with E-state index < -0.39 is 11.3 Å². The molecule has 0 radical (unpaired) electrons. The SMILES string of the molecule is CC(C)CNC1CN(C)CCn2c1nc(CC(=O)NCc1ccc(F)cc1)c(O)c2=O. The predicted molar refractivity (Wildman–Crippen MR) is 115 cm³/mol. The lowest BCUT2D eigenvalue weighted by Gasteiger charge is -2.23. The van der Waals surface area contributed by atoms with Gasteiger partial charge >= 0.3 is 0 Å². The minimum absolute atomic E-state index is 0.0637. The summed E-state index contributed by atoms with van der Waals surface area (Å²) in [6.45, 7) is 6.91. The number of hydrogen-bond donors (Lipinski definition) is 3. The van der Waals surface area contributed by atoms with E-state index in [1.54, 1.807) is 12.1 Å². The molecule has 8 nitrogen and oxygen atoms in total. The number of halogens is 1. The number of carbonyl (C=O) groups excluding carboxylic acids is 1. The molecular weight excluding hydrogens is 401 g/mol. The molecule has 9 heteroatoms. The topological polar surface area (TPSA) is 99.5 Å². The van der Waals surface area contributed by atoms with Crippen LogP contribution in [0.15, 0.2) is 29.1 Å². The van der Waals surface area contributed by atoms with Crippen molar-refractivity contribution in [3.05, 3.63) is 57.5 Å². The zero-order chi connectivity index (χ0) is 22.5. The van der Waals surface area contributed by atoms with Gasteiger partial charge in [0.1, 0.15) is 11.6 Å². The molecule has 0 saturated carbocycles. The summed E-state index contributed by atoms with van der Waals surface area (Å²) in [5.74, 6) is -0.264. The van der Waals surface area contributed by atoms with Crippen molar-refractivity contribution in [1.82, 2.24) is 25.1 Å². The number of aromatic hydroxyl groups is 1. The quantitative estimate of drug-likeness (QED) is 0.609. The molecule has 0 saturated heterocycles. The van der Waals surface area contributed by atoms with Crippen molar-refractivity contribution < 1.29 is 14.3 Å². The van der Waals surface area contributed by atoms with E-state index in [0.717, 1.165) is 12.1 Å². The second-order valence-corrected chi connectivity index (χ2v) is 8.42. The van der Waals surface area contributed by atoms with Gasteiger partial charge in [-0.15, -0.1) is 0 Å². The first kappa shape index (κ1) is 22.9. The Kier molecular flexibility index (Phi) is 7.40. The number of hydrogen-bond acceptors (Lipinski definition) is 6. The van der Waals surface area contributed by atoms with Crippen LogP contribution in [0.3, 0.4) is 0 Å². The second kappa shape index (κ2) is 10.0. The highest BCUT2D eigenvalue weighted by Gasteiger charge is 2.27. The fraction of sp³-hybridized carbons (Fsp3) is 0.500. The number of nitrogens with one attached hydrogen (secondary N) is 2. The van der Waals surface area contributed by atoms with Gasteiger partial charge < -0.3 is 20.6 Å². The van der Waals surface area contributed by atoms with Crippen molar-refractivity contribution in [2.45, 2.75) is 39.4 Å². The first-order valence-corrected chi connectivity index (χ1v) is 10.5. The lowest BCUT2D eigenvalue weighted by atomic mass is 10.1. The van der Waals surface area contributed by atoms with E-state index in [1.807, 2.05) is 7.05 Å². The smallest absolute Gasteiger partial charge is 0.296 e. The van der Waals surface area contributed by atoms with Gasteiger partial charge in [0.05, 0.1) is 18.2 Å². The van der Waals surface area contributed by atoms with Gasteiger partial charge in [0.2, 0.25) is 11.7 Å². The number of nitrogens with zero attached hydrogens (tertiary/aromatic N) is 3. The Bertz CT molecular complexity index is 974. The predicted octanol–water partition coefficient (Wildman–Crippen LogP) is 1.18. The number of amides is 1. The molecule has 1 aliphatic heterocycles. The Morgan fingerprint density at radius 1 is 1.29 bits per heavy atom. The van der Waals surface area contributed by atoms with Crippen molar-refractivity contribution in [1.29, 1.82) is 0 Å². The van der Waals surface area contributed by atoms with Crippen LogP contribution in [0, 0.1) is 11.7 Å². The molecule has 1 atom stereocenters. The molecule has 1 aromatic heterocycles. The Hall–Kier alpha value is -2.78. The first-order chi connectivity index (χ1) is 14.7. The van der Waals surface area contributed by atoms with E-state index in [4.69, 9.17) is 0 Å². The molecule has 3 N–H and O–H groups in total. The van der Waals surface area contributed by atoms with Crippen LogP contribution in [-0.2, 0) is 24.3 Å². The van der Waals surface area contributed by atoms with E-state index >= 15 is 0 Å². The summed E-state index contributed by atoms with van der Waals surface area (Å²) in [7, 11) is 1.98. The van der Waals surface area contributed by atoms with Gasteiger partial charge in [-0.1, -0.05) is 26.0 Å². The summed E-state index contributed by atoms with van der Waals surface area (Å²) in [5.41, 5.74) is 0.279. The number of fused-ring (bicyclic) bond motifs is 1. The minimum Gasteiger partial charge on any atom is -0.502 e. The van der Waals surface area contributed by atoms with Crippen LogP contribution in [0.4, 0.5) is 4.39 Å². The third-order valence-corrected chi connectivity index (χ3v) is 5.26. The Balaban J connectivity index is 1.80. The number of carbonyl (C=O) groups is 1. The lowest BCUT2D eigenvalue weighted by molar-refractivity contribution is -0.120. The molecule has 2 aromatic rings. The Labute approximate surface area is 181 Å². The molecule has 0 bridgehead atoms. The molecule has 1 aromatic carbocycles. The van der Waals surface area contributed by atoms with Crippen LogP contribution in [0.2, 0.25) is 0 Å². The minimum atomic E-state index is -0.530. The number of aromatic nitrogens is 2. The third-order valence-electron chi connectivity index (χ3n) is 5.26. The van der Waals surface area contributed by atoms with Gasteiger partial charge in [-0.25, -0.2) is 9.37 Å². The van der Waals surface area contributed by atoms with Crippen molar-refractivity contribution in [2.24, 2.45) is 5.92 Å². The van der Waals surface area contributed by atoms with Crippen LogP contribution in [-0.4, -0.2) is 52.1 Å². The highest BCUT2D eigenvalue weighted by molar-refractivity contribution is 5.78. The number of rotatable bonds is 7. The second-order valence-electron chi connectivity index (χ2n) is 8.42. The first-order valence-electron chi connectivity index (χ1n) is 10.5. The molecule has 3 rings (SSSR count). The molecule has 1 amide bonds. The van der Waals surface area contributed by atoms with Gasteiger partial charge in [0, 0.05) is 26.2 Å². The highest BCUT2D eigenvalue weighted by Crippen LogP contribution is 2.19. The fourth-order valence-corrected chi connectivity index (χ4v) is 3.52. The van der Waals surface area contributed by atoms with Crippen molar-refractivity contribution in [2.75, 3.05) is 26.7 Å². The van der Waals surface area contributed by atoms with Crippen molar-refractivity contribution in [3.63, 3.8) is 0 Å². The normalized spacial score (nSPS) is 16.7. The van der Waals surface area contributed by atoms with Gasteiger partial charge in [-0.3, -0.25) is 14.2 Å². The van der Waals surface area contributed by atoms with E-state index in [2.05, 4.69) is 34.4 Å². The van der Waals surface area contributed by atoms with E-state index in [9.17, 15) is 19.1 Å². The molecule has 0 aliphatic carbocycles. The monoisotopic (exact) mass is 431 g/mol. The van der Waals surface area contributed by atoms with Crippen LogP contribution < -0.4 is 16.2 Å². The summed E-state index contributed by atoms with van der Waals surface area (Å²) < 4.78 is 14.5. The van der Waals surface area contributed by atoms with Crippen LogP contribution in [0.1, 0.15) is 37.0 Å². The summed E-state index contributed by atoms with van der Waals surface area (Å²) in [6, 6.07) is 5.63. The molecule has 1 aliphatic rings. The lowest BCUT2D eigenvalue weighted by Crippen LogP contribution is -2.36. The molecule has 0 fully saturated rings. The number of benzene rings is 1. The summed E-state index contributed by atoms with van der Waals surface area (Å²) in [5, 5.41) is 16.6. The van der Waals surface area contributed by atoms with Gasteiger partial charge in [0.15, 0.2) is 0 Å². The van der Waals surface area contributed by atoms with Crippen molar-refractivity contribution in [3.8, 4) is 5.75 Å². The largest absolute Gasteiger partial charge is 0.502 e. The van der Waals surface area contributed by atoms with Crippen LogP contribution >= 0.6 is 0 Å².